The van der Waals surface area contributed by atoms with E-state index in [1.165, 1.54) is 28.8 Å². The standard InChI is InChI=1S/C16H16FN5O2/c1-9-7-10(2)22-16(19-9)20-14(21-22)15(24)18-8-13(23)11-3-5-12(17)6-4-11/h3-7,13,23H,8H2,1-2H3,(H,18,24). The number of halogens is 1. The first-order valence-corrected chi connectivity index (χ1v) is 7.37. The Hall–Kier alpha value is -2.87. The Kier molecular flexibility index (Phi) is 4.22. The summed E-state index contributed by atoms with van der Waals surface area (Å²) >= 11 is 0. The summed E-state index contributed by atoms with van der Waals surface area (Å²) in [5.74, 6) is -0.583. The molecular formula is C16H16FN5O2. The molecule has 0 aliphatic carbocycles. The van der Waals surface area contributed by atoms with Crippen LogP contribution in [0.4, 0.5) is 4.39 Å². The van der Waals surface area contributed by atoms with E-state index in [-0.39, 0.29) is 18.2 Å². The molecule has 0 spiro atoms. The Bertz CT molecular complexity index is 891. The third-order valence-corrected chi connectivity index (χ3v) is 3.53. The lowest BCUT2D eigenvalue weighted by Crippen LogP contribution is -2.29. The highest BCUT2D eigenvalue weighted by molar-refractivity contribution is 5.90. The lowest BCUT2D eigenvalue weighted by atomic mass is 10.1. The average Bonchev–Trinajstić information content (AvgIpc) is 2.97. The Morgan fingerprint density at radius 1 is 1.29 bits per heavy atom. The first-order valence-electron chi connectivity index (χ1n) is 7.37. The molecule has 0 bridgehead atoms. The van der Waals surface area contributed by atoms with E-state index in [0.29, 0.717) is 11.3 Å². The number of aliphatic hydroxyl groups excluding tert-OH is 1. The molecule has 1 aromatic carbocycles. The lowest BCUT2D eigenvalue weighted by molar-refractivity contribution is 0.0906. The average molecular weight is 329 g/mol. The highest BCUT2D eigenvalue weighted by Gasteiger charge is 2.16. The molecule has 1 atom stereocenters. The Morgan fingerprint density at radius 3 is 2.71 bits per heavy atom. The Balaban J connectivity index is 1.71. The highest BCUT2D eigenvalue weighted by atomic mass is 19.1. The second-order valence-corrected chi connectivity index (χ2v) is 5.46. The summed E-state index contributed by atoms with van der Waals surface area (Å²) in [5.41, 5.74) is 2.11. The van der Waals surface area contributed by atoms with Crippen LogP contribution in [0.3, 0.4) is 0 Å². The second-order valence-electron chi connectivity index (χ2n) is 5.46. The first kappa shape index (κ1) is 16.0. The number of carbonyl (C=O) groups excluding carboxylic acids is 1. The number of aromatic nitrogens is 4. The SMILES string of the molecule is Cc1cc(C)n2nc(C(=O)NCC(O)c3ccc(F)cc3)nc2n1. The molecule has 0 radical (unpaired) electrons. The summed E-state index contributed by atoms with van der Waals surface area (Å²) in [7, 11) is 0. The van der Waals surface area contributed by atoms with Gasteiger partial charge in [-0.2, -0.15) is 4.98 Å². The fraction of sp³-hybridized carbons (Fsp3) is 0.250. The van der Waals surface area contributed by atoms with E-state index in [4.69, 9.17) is 0 Å². The number of aryl methyl sites for hydroxylation is 2. The minimum Gasteiger partial charge on any atom is -0.387 e. The van der Waals surface area contributed by atoms with Gasteiger partial charge in [-0.1, -0.05) is 12.1 Å². The topological polar surface area (TPSA) is 92.4 Å². The summed E-state index contributed by atoms with van der Waals surface area (Å²) in [4.78, 5) is 20.5. The molecule has 0 aliphatic heterocycles. The molecule has 2 heterocycles. The normalized spacial score (nSPS) is 12.3. The minimum atomic E-state index is -0.950. The van der Waals surface area contributed by atoms with Crippen molar-refractivity contribution < 1.29 is 14.3 Å². The number of rotatable bonds is 4. The predicted octanol–water partition coefficient (Wildman–Crippen LogP) is 1.34. The van der Waals surface area contributed by atoms with Crippen molar-refractivity contribution in [2.24, 2.45) is 0 Å². The van der Waals surface area contributed by atoms with Crippen LogP contribution < -0.4 is 5.32 Å². The maximum atomic E-state index is 12.9. The van der Waals surface area contributed by atoms with Crippen LogP contribution in [0, 0.1) is 19.7 Å². The van der Waals surface area contributed by atoms with Gasteiger partial charge in [0.05, 0.1) is 6.10 Å². The van der Waals surface area contributed by atoms with E-state index in [1.807, 2.05) is 19.9 Å². The number of benzene rings is 1. The Morgan fingerprint density at radius 2 is 2.00 bits per heavy atom. The molecular weight excluding hydrogens is 313 g/mol. The van der Waals surface area contributed by atoms with Crippen molar-refractivity contribution in [3.8, 4) is 0 Å². The fourth-order valence-corrected chi connectivity index (χ4v) is 2.33. The quantitative estimate of drug-likeness (QED) is 0.754. The summed E-state index contributed by atoms with van der Waals surface area (Å²) in [5, 5.41) is 16.7. The van der Waals surface area contributed by atoms with Crippen LogP contribution in [-0.2, 0) is 0 Å². The van der Waals surface area contributed by atoms with Gasteiger partial charge < -0.3 is 10.4 Å². The third-order valence-electron chi connectivity index (χ3n) is 3.53. The van der Waals surface area contributed by atoms with E-state index >= 15 is 0 Å². The van der Waals surface area contributed by atoms with E-state index < -0.39 is 12.0 Å². The number of fused-ring (bicyclic) bond motifs is 1. The molecule has 124 valence electrons. The van der Waals surface area contributed by atoms with Crippen LogP contribution in [0.1, 0.15) is 33.7 Å². The minimum absolute atomic E-state index is 0.0255. The first-order chi connectivity index (χ1) is 11.4. The second kappa shape index (κ2) is 6.32. The molecule has 7 nitrogen and oxygen atoms in total. The molecule has 0 fully saturated rings. The van der Waals surface area contributed by atoms with Crippen molar-refractivity contribution in [2.75, 3.05) is 6.54 Å². The van der Waals surface area contributed by atoms with Gasteiger partial charge in [0.25, 0.3) is 11.7 Å². The molecule has 2 aromatic heterocycles. The lowest BCUT2D eigenvalue weighted by Gasteiger charge is -2.11. The molecule has 1 unspecified atom stereocenters. The van der Waals surface area contributed by atoms with Crippen molar-refractivity contribution in [2.45, 2.75) is 20.0 Å². The van der Waals surface area contributed by atoms with Gasteiger partial charge in [0, 0.05) is 17.9 Å². The molecule has 24 heavy (non-hydrogen) atoms. The molecule has 0 saturated carbocycles. The summed E-state index contributed by atoms with van der Waals surface area (Å²) in [6.07, 6.45) is -0.950. The predicted molar refractivity (Wildman–Crippen MR) is 83.9 cm³/mol. The van der Waals surface area contributed by atoms with Gasteiger partial charge in [-0.3, -0.25) is 4.79 Å². The smallest absolute Gasteiger partial charge is 0.291 e. The molecule has 3 aromatic rings. The largest absolute Gasteiger partial charge is 0.387 e. The number of nitrogens with one attached hydrogen (secondary N) is 1. The number of amides is 1. The van der Waals surface area contributed by atoms with Gasteiger partial charge in [-0.05, 0) is 37.6 Å². The maximum absolute atomic E-state index is 12.9. The molecule has 0 aliphatic rings. The van der Waals surface area contributed by atoms with E-state index in [2.05, 4.69) is 20.4 Å². The van der Waals surface area contributed by atoms with Crippen LogP contribution in [0.2, 0.25) is 0 Å². The Labute approximate surface area is 137 Å². The third kappa shape index (κ3) is 3.23. The molecule has 3 rings (SSSR count). The molecule has 2 N–H and O–H groups in total. The van der Waals surface area contributed by atoms with Crippen LogP contribution in [0.5, 0.6) is 0 Å². The summed E-state index contributed by atoms with van der Waals surface area (Å²) < 4.78 is 14.4. The van der Waals surface area contributed by atoms with Gasteiger partial charge in [-0.15, -0.1) is 5.10 Å². The van der Waals surface area contributed by atoms with Crippen molar-refractivity contribution in [1.82, 2.24) is 24.9 Å². The zero-order chi connectivity index (χ0) is 17.3. The fourth-order valence-electron chi connectivity index (χ4n) is 2.33. The van der Waals surface area contributed by atoms with Crippen molar-refractivity contribution in [3.05, 3.63) is 58.9 Å². The van der Waals surface area contributed by atoms with Gasteiger partial charge in [0.2, 0.25) is 5.82 Å². The summed E-state index contributed by atoms with van der Waals surface area (Å²) in [6, 6.07) is 7.26. The van der Waals surface area contributed by atoms with E-state index in [0.717, 1.165) is 11.4 Å². The highest BCUT2D eigenvalue weighted by Crippen LogP contribution is 2.12. The maximum Gasteiger partial charge on any atom is 0.291 e. The number of aliphatic hydroxyl groups is 1. The van der Waals surface area contributed by atoms with E-state index in [1.54, 1.807) is 0 Å². The number of hydrogen-bond acceptors (Lipinski definition) is 5. The number of hydrogen-bond donors (Lipinski definition) is 2. The van der Waals surface area contributed by atoms with Crippen molar-refractivity contribution in [3.63, 3.8) is 0 Å². The zero-order valence-electron chi connectivity index (χ0n) is 13.2. The van der Waals surface area contributed by atoms with Gasteiger partial charge in [-0.25, -0.2) is 13.9 Å². The monoisotopic (exact) mass is 329 g/mol. The van der Waals surface area contributed by atoms with Crippen LogP contribution in [0.25, 0.3) is 5.78 Å². The van der Waals surface area contributed by atoms with Crippen molar-refractivity contribution >= 4 is 11.7 Å². The zero-order valence-corrected chi connectivity index (χ0v) is 13.2. The van der Waals surface area contributed by atoms with Gasteiger partial charge >= 0.3 is 0 Å². The molecule has 0 saturated heterocycles. The number of nitrogens with zero attached hydrogens (tertiary/aromatic N) is 4. The number of carbonyl (C=O) groups is 1. The molecule has 8 heteroatoms. The van der Waals surface area contributed by atoms with Crippen LogP contribution in [0.15, 0.2) is 30.3 Å². The summed E-state index contributed by atoms with van der Waals surface area (Å²) in [6.45, 7) is 3.64. The van der Waals surface area contributed by atoms with Crippen LogP contribution >= 0.6 is 0 Å². The van der Waals surface area contributed by atoms with Crippen molar-refractivity contribution in [1.29, 1.82) is 0 Å². The van der Waals surface area contributed by atoms with E-state index in [9.17, 15) is 14.3 Å². The van der Waals surface area contributed by atoms with Crippen LogP contribution in [-0.4, -0.2) is 37.1 Å². The molecule has 1 amide bonds. The van der Waals surface area contributed by atoms with Gasteiger partial charge in [0.15, 0.2) is 0 Å². The van der Waals surface area contributed by atoms with Gasteiger partial charge in [0.1, 0.15) is 5.82 Å².